The van der Waals surface area contributed by atoms with Gasteiger partial charge in [-0.05, 0) is 66.1 Å². The van der Waals surface area contributed by atoms with Gasteiger partial charge in [-0.3, -0.25) is 9.59 Å². The van der Waals surface area contributed by atoms with E-state index in [4.69, 9.17) is 27.9 Å². The molecule has 0 saturated carbocycles. The van der Waals surface area contributed by atoms with E-state index in [1.807, 2.05) is 24.4 Å². The molecule has 0 spiro atoms. The Bertz CT molecular complexity index is 1560. The van der Waals surface area contributed by atoms with Gasteiger partial charge in [0, 0.05) is 34.2 Å². The number of halogens is 2. The van der Waals surface area contributed by atoms with E-state index in [0.717, 1.165) is 16.5 Å². The SMILES string of the molecule is COc1ccc2[nH]cc(CCN3C(=O)C(=O)/C(=C(\O)c4ccc(Cl)cc4Cl)C3c3ccc(O)cc3)c2c1. The second-order valence-corrected chi connectivity index (χ2v) is 9.53. The average molecular weight is 537 g/mol. The fourth-order valence-electron chi connectivity index (χ4n) is 4.67. The number of nitrogens with one attached hydrogen (secondary N) is 1. The first-order valence-corrected chi connectivity index (χ1v) is 12.2. The summed E-state index contributed by atoms with van der Waals surface area (Å²) >= 11 is 12.3. The van der Waals surface area contributed by atoms with Gasteiger partial charge in [-0.2, -0.15) is 0 Å². The molecule has 188 valence electrons. The molecular formula is C28H22Cl2N2O5. The summed E-state index contributed by atoms with van der Waals surface area (Å²) in [5.41, 5.74) is 2.53. The highest BCUT2D eigenvalue weighted by Gasteiger charge is 2.46. The van der Waals surface area contributed by atoms with Gasteiger partial charge in [0.2, 0.25) is 0 Å². The first kappa shape index (κ1) is 24.7. The van der Waals surface area contributed by atoms with Gasteiger partial charge in [-0.1, -0.05) is 35.3 Å². The van der Waals surface area contributed by atoms with E-state index in [1.165, 1.54) is 29.2 Å². The molecule has 0 radical (unpaired) electrons. The second kappa shape index (κ2) is 9.84. The second-order valence-electron chi connectivity index (χ2n) is 8.68. The van der Waals surface area contributed by atoms with Crippen molar-refractivity contribution >= 4 is 51.6 Å². The minimum Gasteiger partial charge on any atom is -0.508 e. The summed E-state index contributed by atoms with van der Waals surface area (Å²) in [6, 6.07) is 15.5. The van der Waals surface area contributed by atoms with Crippen LogP contribution in [0.4, 0.5) is 0 Å². The molecule has 3 aromatic carbocycles. The van der Waals surface area contributed by atoms with Crippen LogP contribution in [0, 0.1) is 0 Å². The number of fused-ring (bicyclic) bond motifs is 1. The molecule has 1 aromatic heterocycles. The minimum absolute atomic E-state index is 0.0363. The Hall–Kier alpha value is -3.94. The van der Waals surface area contributed by atoms with Crippen LogP contribution in [0.5, 0.6) is 11.5 Å². The number of hydrogen-bond donors (Lipinski definition) is 3. The Balaban J connectivity index is 1.57. The first-order valence-electron chi connectivity index (χ1n) is 11.4. The van der Waals surface area contributed by atoms with Crippen molar-refractivity contribution < 1.29 is 24.5 Å². The number of phenols is 1. The van der Waals surface area contributed by atoms with Gasteiger partial charge in [-0.15, -0.1) is 0 Å². The fourth-order valence-corrected chi connectivity index (χ4v) is 5.17. The van der Waals surface area contributed by atoms with E-state index in [9.17, 15) is 19.8 Å². The highest BCUT2D eigenvalue weighted by molar-refractivity contribution is 6.47. The molecule has 7 nitrogen and oxygen atoms in total. The number of carbonyl (C=O) groups is 2. The van der Waals surface area contributed by atoms with Crippen molar-refractivity contribution in [1.82, 2.24) is 9.88 Å². The number of H-pyrrole nitrogens is 1. The van der Waals surface area contributed by atoms with Gasteiger partial charge in [-0.25, -0.2) is 0 Å². The summed E-state index contributed by atoms with van der Waals surface area (Å²) in [6.07, 6.45) is 2.31. The van der Waals surface area contributed by atoms with Crippen molar-refractivity contribution in [2.24, 2.45) is 0 Å². The molecule has 0 bridgehead atoms. The zero-order valence-electron chi connectivity index (χ0n) is 19.7. The van der Waals surface area contributed by atoms with Crippen molar-refractivity contribution in [2.45, 2.75) is 12.5 Å². The molecule has 4 aromatic rings. The van der Waals surface area contributed by atoms with Crippen LogP contribution in [0.3, 0.4) is 0 Å². The van der Waals surface area contributed by atoms with Crippen LogP contribution in [0.15, 0.2) is 72.4 Å². The van der Waals surface area contributed by atoms with Crippen LogP contribution in [-0.2, 0) is 16.0 Å². The molecule has 1 saturated heterocycles. The quantitative estimate of drug-likeness (QED) is 0.163. The number of amides is 1. The summed E-state index contributed by atoms with van der Waals surface area (Å²) in [5.74, 6) is -1.20. The third-order valence-corrected chi connectivity index (χ3v) is 7.08. The predicted molar refractivity (Wildman–Crippen MR) is 142 cm³/mol. The van der Waals surface area contributed by atoms with Crippen LogP contribution in [-0.4, -0.2) is 45.4 Å². The highest BCUT2D eigenvalue weighted by atomic mass is 35.5. The minimum atomic E-state index is -0.882. The number of aliphatic hydroxyl groups excluding tert-OH is 1. The Kier molecular flexibility index (Phi) is 6.58. The molecule has 1 unspecified atom stereocenters. The number of likely N-dealkylation sites (tertiary alicyclic amines) is 1. The fraction of sp³-hybridized carbons (Fsp3) is 0.143. The van der Waals surface area contributed by atoms with Crippen LogP contribution >= 0.6 is 23.2 Å². The number of rotatable bonds is 6. The number of nitrogens with zero attached hydrogens (tertiary/aromatic N) is 1. The van der Waals surface area contributed by atoms with Crippen molar-refractivity contribution in [3.05, 3.63) is 99.2 Å². The number of methoxy groups -OCH3 is 1. The lowest BCUT2D eigenvalue weighted by atomic mass is 9.95. The topological polar surface area (TPSA) is 103 Å². The van der Waals surface area contributed by atoms with E-state index < -0.39 is 23.5 Å². The largest absolute Gasteiger partial charge is 0.508 e. The van der Waals surface area contributed by atoms with E-state index >= 15 is 0 Å². The first-order chi connectivity index (χ1) is 17.8. The van der Waals surface area contributed by atoms with Crippen LogP contribution < -0.4 is 4.74 Å². The Labute approximate surface area is 222 Å². The van der Waals surface area contributed by atoms with Gasteiger partial charge in [0.05, 0.1) is 23.7 Å². The molecule has 1 aliphatic heterocycles. The van der Waals surface area contributed by atoms with Gasteiger partial charge in [0.25, 0.3) is 11.7 Å². The number of phenolic OH excluding ortho intramolecular Hbond substituents is 1. The Morgan fingerprint density at radius 1 is 1.05 bits per heavy atom. The molecule has 3 N–H and O–H groups in total. The smallest absolute Gasteiger partial charge is 0.295 e. The van der Waals surface area contributed by atoms with Crippen molar-refractivity contribution in [2.75, 3.05) is 13.7 Å². The van der Waals surface area contributed by atoms with Crippen molar-refractivity contribution in [1.29, 1.82) is 0 Å². The lowest BCUT2D eigenvalue weighted by molar-refractivity contribution is -0.139. The molecule has 1 atom stereocenters. The number of ether oxygens (including phenoxy) is 1. The number of benzene rings is 3. The lowest BCUT2D eigenvalue weighted by Gasteiger charge is -2.25. The van der Waals surface area contributed by atoms with E-state index in [0.29, 0.717) is 22.8 Å². The molecule has 1 amide bonds. The van der Waals surface area contributed by atoms with Crippen LogP contribution in [0.2, 0.25) is 10.0 Å². The summed E-state index contributed by atoms with van der Waals surface area (Å²) < 4.78 is 5.34. The molecule has 5 rings (SSSR count). The maximum absolute atomic E-state index is 13.3. The maximum atomic E-state index is 13.3. The normalized spacial score (nSPS) is 17.1. The van der Waals surface area contributed by atoms with Gasteiger partial charge < -0.3 is 24.8 Å². The average Bonchev–Trinajstić information content (AvgIpc) is 3.40. The number of ketones is 1. The molecule has 9 heteroatoms. The van der Waals surface area contributed by atoms with E-state index in [1.54, 1.807) is 25.3 Å². The van der Waals surface area contributed by atoms with Crippen LogP contribution in [0.25, 0.3) is 16.7 Å². The number of aliphatic hydroxyl groups is 1. The molecular weight excluding hydrogens is 515 g/mol. The Morgan fingerprint density at radius 3 is 2.51 bits per heavy atom. The molecule has 0 aliphatic carbocycles. The summed E-state index contributed by atoms with van der Waals surface area (Å²) in [4.78, 5) is 31.2. The van der Waals surface area contributed by atoms with E-state index in [2.05, 4.69) is 4.98 Å². The summed E-state index contributed by atoms with van der Waals surface area (Å²) in [6.45, 7) is 0.200. The standard InChI is InChI=1S/C28H22Cl2N2O5/c1-37-19-7-9-23-21(13-19)16(14-31-23)10-11-32-25(15-2-5-18(33)6-3-15)24(27(35)28(32)36)26(34)20-8-4-17(29)12-22(20)30/h2-9,12-14,25,31,33-34H,10-11H2,1H3/b26-24-. The third kappa shape index (κ3) is 4.52. The monoisotopic (exact) mass is 536 g/mol. The predicted octanol–water partition coefficient (Wildman–Crippen LogP) is 5.85. The van der Waals surface area contributed by atoms with Crippen molar-refractivity contribution in [3.8, 4) is 11.5 Å². The summed E-state index contributed by atoms with van der Waals surface area (Å²) in [7, 11) is 1.59. The van der Waals surface area contributed by atoms with Gasteiger partial charge in [0.1, 0.15) is 17.3 Å². The lowest BCUT2D eigenvalue weighted by Crippen LogP contribution is -2.31. The number of carbonyl (C=O) groups excluding carboxylic acids is 2. The number of hydrogen-bond acceptors (Lipinski definition) is 5. The van der Waals surface area contributed by atoms with Crippen molar-refractivity contribution in [3.63, 3.8) is 0 Å². The molecule has 1 fully saturated rings. The highest BCUT2D eigenvalue weighted by Crippen LogP contribution is 2.41. The Morgan fingerprint density at radius 2 is 1.81 bits per heavy atom. The number of aromatic amines is 1. The molecule has 37 heavy (non-hydrogen) atoms. The van der Waals surface area contributed by atoms with Gasteiger partial charge >= 0.3 is 0 Å². The van der Waals surface area contributed by atoms with Gasteiger partial charge in [0.15, 0.2) is 0 Å². The number of aromatic hydroxyl groups is 1. The zero-order chi connectivity index (χ0) is 26.3. The number of Topliss-reactive ketones (excluding diaryl/α,β-unsaturated/α-hetero) is 1. The summed E-state index contributed by atoms with van der Waals surface area (Å²) in [5, 5.41) is 22.5. The van der Waals surface area contributed by atoms with Crippen LogP contribution in [0.1, 0.15) is 22.7 Å². The number of aromatic nitrogens is 1. The molecule has 2 heterocycles. The molecule has 1 aliphatic rings. The third-order valence-electron chi connectivity index (χ3n) is 6.53. The van der Waals surface area contributed by atoms with E-state index in [-0.39, 0.29) is 28.5 Å². The maximum Gasteiger partial charge on any atom is 0.295 e. The zero-order valence-corrected chi connectivity index (χ0v) is 21.2.